The highest BCUT2D eigenvalue weighted by molar-refractivity contribution is 6.05. The van der Waals surface area contributed by atoms with Gasteiger partial charge in [0.05, 0.1) is 11.4 Å². The van der Waals surface area contributed by atoms with Crippen LogP contribution in [0.25, 0.3) is 10.9 Å². The highest BCUT2D eigenvalue weighted by Gasteiger charge is 2.30. The molecule has 0 unspecified atom stereocenters. The molecule has 2 N–H and O–H groups in total. The van der Waals surface area contributed by atoms with Gasteiger partial charge in [0.15, 0.2) is 5.69 Å². The molecular weight excluding hydrogens is 342 g/mol. The molecule has 1 saturated heterocycles. The fourth-order valence-electron chi connectivity index (χ4n) is 3.42. The number of pyridine rings is 1. The van der Waals surface area contributed by atoms with Crippen molar-refractivity contribution in [2.75, 3.05) is 18.4 Å². The van der Waals surface area contributed by atoms with Crippen LogP contribution in [0, 0.1) is 12.8 Å². The van der Waals surface area contributed by atoms with Gasteiger partial charge in [-0.2, -0.15) is 5.10 Å². The summed E-state index contributed by atoms with van der Waals surface area (Å²) in [5.74, 6) is 0.0394. The third-order valence-corrected chi connectivity index (χ3v) is 4.91. The fourth-order valence-corrected chi connectivity index (χ4v) is 3.42. The number of aromatic amines is 1. The summed E-state index contributed by atoms with van der Waals surface area (Å²) in [5.41, 5.74) is 2.28. The molecule has 0 saturated carbocycles. The predicted octanol–water partition coefficient (Wildman–Crippen LogP) is 2.76. The third kappa shape index (κ3) is 3.53. The van der Waals surface area contributed by atoms with Crippen LogP contribution < -0.4 is 5.32 Å². The molecule has 3 heterocycles. The largest absolute Gasteiger partial charge is 0.336 e. The van der Waals surface area contributed by atoms with E-state index in [9.17, 15) is 9.59 Å². The molecule has 0 aliphatic carbocycles. The number of nitrogens with zero attached hydrogens (tertiary/aromatic N) is 3. The number of hydrogen-bond acceptors (Lipinski definition) is 4. The maximum absolute atomic E-state index is 12.9. The van der Waals surface area contributed by atoms with Gasteiger partial charge in [0.25, 0.3) is 5.91 Å². The van der Waals surface area contributed by atoms with Gasteiger partial charge in [-0.1, -0.05) is 24.3 Å². The standard InChI is InChI=1S/C20H21N5O2/c1-13-8-9-17(21-11-13)22-19(26)14-5-4-10-25(12-14)20(27)18-15-6-2-3-7-16(15)23-24-18/h2-3,6-9,11,14H,4-5,10,12H2,1H3,(H,23,24)(H,21,22,26)/t14-/m1/s1. The lowest BCUT2D eigenvalue weighted by Gasteiger charge is -2.31. The van der Waals surface area contributed by atoms with E-state index in [0.29, 0.717) is 24.6 Å². The highest BCUT2D eigenvalue weighted by Crippen LogP contribution is 2.22. The number of benzene rings is 1. The highest BCUT2D eigenvalue weighted by atomic mass is 16.2. The maximum atomic E-state index is 12.9. The van der Waals surface area contributed by atoms with E-state index in [4.69, 9.17) is 0 Å². The maximum Gasteiger partial charge on any atom is 0.275 e. The minimum atomic E-state index is -0.254. The van der Waals surface area contributed by atoms with Gasteiger partial charge >= 0.3 is 0 Å². The Morgan fingerprint density at radius 2 is 2.07 bits per heavy atom. The van der Waals surface area contributed by atoms with Crippen LogP contribution in [0.15, 0.2) is 42.6 Å². The first-order chi connectivity index (χ1) is 13.1. The number of carbonyl (C=O) groups excluding carboxylic acids is 2. The van der Waals surface area contributed by atoms with Gasteiger partial charge < -0.3 is 10.2 Å². The van der Waals surface area contributed by atoms with Crippen LogP contribution in [0.3, 0.4) is 0 Å². The lowest BCUT2D eigenvalue weighted by molar-refractivity contribution is -0.121. The molecular formula is C20H21N5O2. The van der Waals surface area contributed by atoms with Crippen molar-refractivity contribution < 1.29 is 9.59 Å². The van der Waals surface area contributed by atoms with Gasteiger partial charge in [-0.15, -0.1) is 0 Å². The second-order valence-corrected chi connectivity index (χ2v) is 6.92. The zero-order valence-corrected chi connectivity index (χ0v) is 15.1. The second kappa shape index (κ2) is 7.19. The van der Waals surface area contributed by atoms with Crippen LogP contribution in [0.2, 0.25) is 0 Å². The lowest BCUT2D eigenvalue weighted by atomic mass is 9.96. The first kappa shape index (κ1) is 17.2. The first-order valence-corrected chi connectivity index (χ1v) is 9.08. The quantitative estimate of drug-likeness (QED) is 0.749. The van der Waals surface area contributed by atoms with Gasteiger partial charge in [0.1, 0.15) is 5.82 Å². The van der Waals surface area contributed by atoms with Gasteiger partial charge in [-0.25, -0.2) is 4.98 Å². The lowest BCUT2D eigenvalue weighted by Crippen LogP contribution is -2.44. The Balaban J connectivity index is 1.46. The molecule has 1 aromatic carbocycles. The Morgan fingerprint density at radius 3 is 2.89 bits per heavy atom. The van der Waals surface area contributed by atoms with Crippen LogP contribution in [-0.4, -0.2) is 45.0 Å². The Labute approximate surface area is 156 Å². The molecule has 0 radical (unpaired) electrons. The molecule has 0 spiro atoms. The number of para-hydroxylation sites is 1. The molecule has 1 fully saturated rings. The van der Waals surface area contributed by atoms with Crippen molar-refractivity contribution in [1.29, 1.82) is 0 Å². The third-order valence-electron chi connectivity index (χ3n) is 4.91. The van der Waals surface area contributed by atoms with E-state index in [-0.39, 0.29) is 17.7 Å². The number of likely N-dealkylation sites (tertiary alicyclic amines) is 1. The minimum absolute atomic E-state index is 0.101. The molecule has 1 aliphatic heterocycles. The van der Waals surface area contributed by atoms with Crippen molar-refractivity contribution in [3.8, 4) is 0 Å². The van der Waals surface area contributed by atoms with Gasteiger partial charge in [-0.3, -0.25) is 14.7 Å². The molecule has 7 nitrogen and oxygen atoms in total. The van der Waals surface area contributed by atoms with Crippen molar-refractivity contribution in [2.24, 2.45) is 5.92 Å². The number of hydrogen-bond donors (Lipinski definition) is 2. The van der Waals surface area contributed by atoms with Crippen molar-refractivity contribution in [1.82, 2.24) is 20.1 Å². The fraction of sp³-hybridized carbons (Fsp3) is 0.300. The number of aromatic nitrogens is 3. The number of anilines is 1. The number of carbonyl (C=O) groups is 2. The van der Waals surface area contributed by atoms with Crippen molar-refractivity contribution in [2.45, 2.75) is 19.8 Å². The molecule has 2 amide bonds. The average Bonchev–Trinajstić information content (AvgIpc) is 3.13. The number of H-pyrrole nitrogens is 1. The second-order valence-electron chi connectivity index (χ2n) is 6.92. The van der Waals surface area contributed by atoms with E-state index in [1.165, 1.54) is 0 Å². The van der Waals surface area contributed by atoms with Gasteiger partial charge in [0, 0.05) is 24.7 Å². The van der Waals surface area contributed by atoms with E-state index in [0.717, 1.165) is 29.3 Å². The number of aryl methyl sites for hydroxylation is 1. The predicted molar refractivity (Wildman–Crippen MR) is 102 cm³/mol. The summed E-state index contributed by atoms with van der Waals surface area (Å²) in [6.45, 7) is 2.96. The number of rotatable bonds is 3. The van der Waals surface area contributed by atoms with Crippen molar-refractivity contribution >= 4 is 28.5 Å². The van der Waals surface area contributed by atoms with Crippen LogP contribution in [0.5, 0.6) is 0 Å². The SMILES string of the molecule is Cc1ccc(NC(=O)[C@@H]2CCCN(C(=O)c3n[nH]c4ccccc34)C2)nc1. The smallest absolute Gasteiger partial charge is 0.275 e. The number of amides is 2. The normalized spacial score (nSPS) is 17.1. The van der Waals surface area contributed by atoms with Crippen LogP contribution in [-0.2, 0) is 4.79 Å². The van der Waals surface area contributed by atoms with Gasteiger partial charge in [-0.05, 0) is 37.5 Å². The summed E-state index contributed by atoms with van der Waals surface area (Å²) < 4.78 is 0. The monoisotopic (exact) mass is 363 g/mol. The van der Waals surface area contributed by atoms with Crippen LogP contribution >= 0.6 is 0 Å². The summed E-state index contributed by atoms with van der Waals surface area (Å²) in [4.78, 5) is 31.5. The van der Waals surface area contributed by atoms with E-state index in [1.54, 1.807) is 17.2 Å². The molecule has 27 heavy (non-hydrogen) atoms. The van der Waals surface area contributed by atoms with Gasteiger partial charge in [0.2, 0.25) is 5.91 Å². The Bertz CT molecular complexity index is 979. The summed E-state index contributed by atoms with van der Waals surface area (Å²) in [6, 6.07) is 11.2. The molecule has 3 aromatic rings. The molecule has 2 aromatic heterocycles. The molecule has 1 atom stereocenters. The summed E-state index contributed by atoms with van der Waals surface area (Å²) in [6.07, 6.45) is 3.26. The number of nitrogens with one attached hydrogen (secondary N) is 2. The van der Waals surface area contributed by atoms with Crippen LogP contribution in [0.4, 0.5) is 5.82 Å². The summed E-state index contributed by atoms with van der Waals surface area (Å²) >= 11 is 0. The van der Waals surface area contributed by atoms with Crippen molar-refractivity contribution in [3.63, 3.8) is 0 Å². The first-order valence-electron chi connectivity index (χ1n) is 9.08. The zero-order valence-electron chi connectivity index (χ0n) is 15.1. The molecule has 1 aliphatic rings. The van der Waals surface area contributed by atoms with Crippen LogP contribution in [0.1, 0.15) is 28.9 Å². The van der Waals surface area contributed by atoms with E-state index in [1.807, 2.05) is 37.3 Å². The Kier molecular flexibility index (Phi) is 4.58. The summed E-state index contributed by atoms with van der Waals surface area (Å²) in [7, 11) is 0. The molecule has 7 heteroatoms. The van der Waals surface area contributed by atoms with E-state index >= 15 is 0 Å². The van der Waals surface area contributed by atoms with Crippen molar-refractivity contribution in [3.05, 3.63) is 53.9 Å². The Hall–Kier alpha value is -3.22. The minimum Gasteiger partial charge on any atom is -0.336 e. The topological polar surface area (TPSA) is 91.0 Å². The molecule has 0 bridgehead atoms. The summed E-state index contributed by atoms with van der Waals surface area (Å²) in [5, 5.41) is 10.7. The average molecular weight is 363 g/mol. The van der Waals surface area contributed by atoms with E-state index in [2.05, 4.69) is 20.5 Å². The molecule has 4 rings (SSSR count). The number of fused-ring (bicyclic) bond motifs is 1. The Morgan fingerprint density at radius 1 is 1.22 bits per heavy atom. The number of piperidine rings is 1. The van der Waals surface area contributed by atoms with E-state index < -0.39 is 0 Å². The molecule has 138 valence electrons. The zero-order chi connectivity index (χ0) is 18.8.